The molecule has 0 saturated carbocycles. The molecule has 0 bridgehead atoms. The van der Waals surface area contributed by atoms with Crippen molar-refractivity contribution < 1.29 is 14.3 Å². The van der Waals surface area contributed by atoms with E-state index >= 15 is 0 Å². The Morgan fingerprint density at radius 2 is 1.82 bits per heavy atom. The van der Waals surface area contributed by atoms with Crippen LogP contribution in [-0.4, -0.2) is 35.9 Å². The molecule has 5 nitrogen and oxygen atoms in total. The standard InChI is InChI=1S/C22H27BrN2O3/c1-4-13-24-22(27)17(3)25(14-18-8-6-5-7-16(18)2)21(26)15-28-20-11-9-19(23)10-12-20/h5-12,17H,4,13-15H2,1-3H3,(H,24,27)/t17-/m1/s1. The molecule has 0 aliphatic heterocycles. The van der Waals surface area contributed by atoms with Gasteiger partial charge in [-0.2, -0.15) is 0 Å². The number of halogens is 1. The lowest BCUT2D eigenvalue weighted by Crippen LogP contribution is -2.49. The zero-order valence-electron chi connectivity index (χ0n) is 16.6. The smallest absolute Gasteiger partial charge is 0.261 e. The molecule has 2 aromatic rings. The Morgan fingerprint density at radius 1 is 1.14 bits per heavy atom. The molecule has 0 fully saturated rings. The third-order valence-corrected chi connectivity index (χ3v) is 5.02. The Kier molecular flexibility index (Phi) is 8.51. The van der Waals surface area contributed by atoms with Crippen molar-refractivity contribution >= 4 is 27.7 Å². The van der Waals surface area contributed by atoms with E-state index in [9.17, 15) is 9.59 Å². The van der Waals surface area contributed by atoms with Crippen molar-refractivity contribution in [2.75, 3.05) is 13.2 Å². The Labute approximate surface area is 175 Å². The van der Waals surface area contributed by atoms with Gasteiger partial charge in [0.15, 0.2) is 6.61 Å². The van der Waals surface area contributed by atoms with Gasteiger partial charge in [0.25, 0.3) is 5.91 Å². The fourth-order valence-corrected chi connectivity index (χ4v) is 2.97. The molecule has 0 unspecified atom stereocenters. The fourth-order valence-electron chi connectivity index (χ4n) is 2.71. The third-order valence-electron chi connectivity index (χ3n) is 4.49. The van der Waals surface area contributed by atoms with Crippen LogP contribution in [0.15, 0.2) is 53.0 Å². The summed E-state index contributed by atoms with van der Waals surface area (Å²) in [6.45, 7) is 6.56. The Hall–Kier alpha value is -2.34. The predicted octanol–water partition coefficient (Wildman–Crippen LogP) is 4.08. The molecule has 28 heavy (non-hydrogen) atoms. The zero-order chi connectivity index (χ0) is 20.5. The lowest BCUT2D eigenvalue weighted by atomic mass is 10.1. The Bertz CT molecular complexity index is 793. The predicted molar refractivity (Wildman–Crippen MR) is 114 cm³/mol. The highest BCUT2D eigenvalue weighted by Gasteiger charge is 2.26. The number of hydrogen-bond acceptors (Lipinski definition) is 3. The van der Waals surface area contributed by atoms with Crippen molar-refractivity contribution in [3.8, 4) is 5.75 Å². The van der Waals surface area contributed by atoms with Crippen molar-refractivity contribution in [1.29, 1.82) is 0 Å². The summed E-state index contributed by atoms with van der Waals surface area (Å²) in [5.41, 5.74) is 2.09. The van der Waals surface area contributed by atoms with Gasteiger partial charge in [0.05, 0.1) is 0 Å². The Morgan fingerprint density at radius 3 is 2.46 bits per heavy atom. The summed E-state index contributed by atoms with van der Waals surface area (Å²) in [4.78, 5) is 27.0. The number of carbonyl (C=O) groups excluding carboxylic acids is 2. The molecule has 2 rings (SSSR count). The first-order chi connectivity index (χ1) is 13.4. The van der Waals surface area contributed by atoms with E-state index in [4.69, 9.17) is 4.74 Å². The first-order valence-electron chi connectivity index (χ1n) is 9.42. The van der Waals surface area contributed by atoms with Crippen molar-refractivity contribution in [3.63, 3.8) is 0 Å². The summed E-state index contributed by atoms with van der Waals surface area (Å²) in [5.74, 6) is 0.216. The number of hydrogen-bond donors (Lipinski definition) is 1. The molecule has 0 aromatic heterocycles. The van der Waals surface area contributed by atoms with E-state index < -0.39 is 6.04 Å². The van der Waals surface area contributed by atoms with E-state index in [1.807, 2.05) is 50.2 Å². The number of rotatable bonds is 9. The van der Waals surface area contributed by atoms with Crippen LogP contribution in [-0.2, 0) is 16.1 Å². The van der Waals surface area contributed by atoms with Gasteiger partial charge in [0, 0.05) is 17.6 Å². The van der Waals surface area contributed by atoms with Gasteiger partial charge in [0.2, 0.25) is 5.91 Å². The second-order valence-electron chi connectivity index (χ2n) is 6.66. The minimum Gasteiger partial charge on any atom is -0.484 e. The minimum atomic E-state index is -0.591. The molecular formula is C22H27BrN2O3. The van der Waals surface area contributed by atoms with Gasteiger partial charge < -0.3 is 15.0 Å². The number of aryl methyl sites for hydroxylation is 1. The summed E-state index contributed by atoms with van der Waals surface area (Å²) < 4.78 is 6.58. The summed E-state index contributed by atoms with van der Waals surface area (Å²) in [6, 6.07) is 14.6. The van der Waals surface area contributed by atoms with E-state index in [1.165, 1.54) is 0 Å². The van der Waals surface area contributed by atoms with E-state index in [-0.39, 0.29) is 18.4 Å². The van der Waals surface area contributed by atoms with Gasteiger partial charge in [-0.15, -0.1) is 0 Å². The van der Waals surface area contributed by atoms with Crippen LogP contribution < -0.4 is 10.1 Å². The normalized spacial score (nSPS) is 11.6. The van der Waals surface area contributed by atoms with E-state index in [0.717, 1.165) is 22.0 Å². The van der Waals surface area contributed by atoms with Gasteiger partial charge in [0.1, 0.15) is 11.8 Å². The first kappa shape index (κ1) is 22.0. The number of nitrogens with zero attached hydrogens (tertiary/aromatic N) is 1. The lowest BCUT2D eigenvalue weighted by Gasteiger charge is -2.29. The quantitative estimate of drug-likeness (QED) is 0.630. The number of carbonyl (C=O) groups is 2. The molecule has 0 saturated heterocycles. The van der Waals surface area contributed by atoms with Gasteiger partial charge >= 0.3 is 0 Å². The number of benzene rings is 2. The molecule has 1 N–H and O–H groups in total. The maximum absolute atomic E-state index is 12.9. The maximum atomic E-state index is 12.9. The van der Waals surface area contributed by atoms with Crippen LogP contribution in [0.1, 0.15) is 31.4 Å². The fraction of sp³-hybridized carbons (Fsp3) is 0.364. The third kappa shape index (κ3) is 6.37. The summed E-state index contributed by atoms with van der Waals surface area (Å²) in [7, 11) is 0. The van der Waals surface area contributed by atoms with Crippen LogP contribution in [0.25, 0.3) is 0 Å². The van der Waals surface area contributed by atoms with E-state index in [0.29, 0.717) is 18.8 Å². The van der Waals surface area contributed by atoms with Crippen molar-refractivity contribution in [3.05, 3.63) is 64.1 Å². The van der Waals surface area contributed by atoms with Crippen LogP contribution in [0.3, 0.4) is 0 Å². The number of ether oxygens (including phenoxy) is 1. The zero-order valence-corrected chi connectivity index (χ0v) is 18.2. The highest BCUT2D eigenvalue weighted by atomic mass is 79.9. The first-order valence-corrected chi connectivity index (χ1v) is 10.2. The van der Waals surface area contributed by atoms with Crippen molar-refractivity contribution in [1.82, 2.24) is 10.2 Å². The van der Waals surface area contributed by atoms with Crippen molar-refractivity contribution in [2.24, 2.45) is 0 Å². The van der Waals surface area contributed by atoms with Crippen LogP contribution in [0.2, 0.25) is 0 Å². The molecule has 0 spiro atoms. The molecule has 6 heteroatoms. The van der Waals surface area contributed by atoms with Crippen LogP contribution in [0.4, 0.5) is 0 Å². The second kappa shape index (κ2) is 10.9. The van der Waals surface area contributed by atoms with Crippen LogP contribution in [0, 0.1) is 6.92 Å². The Balaban J connectivity index is 2.13. The molecule has 0 aliphatic carbocycles. The minimum absolute atomic E-state index is 0.126. The molecule has 0 heterocycles. The van der Waals surface area contributed by atoms with Gasteiger partial charge in [-0.1, -0.05) is 47.1 Å². The highest BCUT2D eigenvalue weighted by Crippen LogP contribution is 2.17. The highest BCUT2D eigenvalue weighted by molar-refractivity contribution is 9.10. The average molecular weight is 447 g/mol. The lowest BCUT2D eigenvalue weighted by molar-refractivity contribution is -0.142. The van der Waals surface area contributed by atoms with Crippen molar-refractivity contribution in [2.45, 2.75) is 39.8 Å². The van der Waals surface area contributed by atoms with E-state index in [1.54, 1.807) is 24.0 Å². The average Bonchev–Trinajstić information content (AvgIpc) is 2.70. The maximum Gasteiger partial charge on any atom is 0.261 e. The van der Waals surface area contributed by atoms with Gasteiger partial charge in [-0.05, 0) is 55.7 Å². The van der Waals surface area contributed by atoms with E-state index in [2.05, 4.69) is 21.2 Å². The van der Waals surface area contributed by atoms with Gasteiger partial charge in [-0.3, -0.25) is 9.59 Å². The summed E-state index contributed by atoms with van der Waals surface area (Å²) in [5, 5.41) is 2.87. The molecule has 150 valence electrons. The van der Waals surface area contributed by atoms with Gasteiger partial charge in [-0.25, -0.2) is 0 Å². The second-order valence-corrected chi connectivity index (χ2v) is 7.57. The van der Waals surface area contributed by atoms with Crippen LogP contribution >= 0.6 is 15.9 Å². The molecule has 2 aromatic carbocycles. The molecule has 0 radical (unpaired) electrons. The SMILES string of the molecule is CCCNC(=O)[C@@H](C)N(Cc1ccccc1C)C(=O)COc1ccc(Br)cc1. The molecule has 0 aliphatic rings. The number of amides is 2. The number of nitrogens with one attached hydrogen (secondary N) is 1. The molecular weight excluding hydrogens is 420 g/mol. The molecule has 2 amide bonds. The van der Waals surface area contributed by atoms with Crippen LogP contribution in [0.5, 0.6) is 5.75 Å². The summed E-state index contributed by atoms with van der Waals surface area (Å²) in [6.07, 6.45) is 0.844. The largest absolute Gasteiger partial charge is 0.484 e. The molecule has 1 atom stereocenters. The topological polar surface area (TPSA) is 58.6 Å². The monoisotopic (exact) mass is 446 g/mol. The summed E-state index contributed by atoms with van der Waals surface area (Å²) >= 11 is 3.37.